The van der Waals surface area contributed by atoms with Crippen molar-refractivity contribution in [3.05, 3.63) is 60.3 Å². The number of nitrogens with zero attached hydrogens (tertiary/aromatic N) is 4. The monoisotopic (exact) mass is 521 g/mol. The molecule has 0 bridgehead atoms. The Morgan fingerprint density at radius 2 is 1.79 bits per heavy atom. The van der Waals surface area contributed by atoms with Crippen LogP contribution in [0.1, 0.15) is 31.2 Å². The van der Waals surface area contributed by atoms with Crippen LogP contribution in [-0.4, -0.2) is 66.5 Å². The molecule has 3 aromatic rings. The van der Waals surface area contributed by atoms with E-state index in [1.165, 1.54) is 45.7 Å². The van der Waals surface area contributed by atoms with E-state index in [0.29, 0.717) is 23.7 Å². The molecule has 4 rings (SSSR count). The Kier molecular flexibility index (Phi) is 9.58. The first-order chi connectivity index (χ1) is 18.6. The molecular formula is C28H35N5O5. The fourth-order valence-corrected chi connectivity index (χ4v) is 4.41. The van der Waals surface area contributed by atoms with E-state index in [4.69, 9.17) is 14.2 Å². The van der Waals surface area contributed by atoms with Crippen molar-refractivity contribution < 1.29 is 24.1 Å². The summed E-state index contributed by atoms with van der Waals surface area (Å²) in [6, 6.07) is 14.3. The third-order valence-electron chi connectivity index (χ3n) is 6.41. The fraction of sp³-hybridized carbons (Fsp3) is 0.393. The molecule has 1 aliphatic heterocycles. The molecule has 1 amide bonds. The molecule has 0 unspecified atom stereocenters. The topological polar surface area (TPSA) is 109 Å². The van der Waals surface area contributed by atoms with Crippen molar-refractivity contribution in [2.45, 2.75) is 32.2 Å². The first-order valence-corrected chi connectivity index (χ1v) is 12.8. The second-order valence-corrected chi connectivity index (χ2v) is 9.04. The minimum absolute atomic E-state index is 0.0238. The quantitative estimate of drug-likeness (QED) is 0.312. The summed E-state index contributed by atoms with van der Waals surface area (Å²) in [6.45, 7) is 4.17. The lowest BCUT2D eigenvalue weighted by Gasteiger charge is -2.26. The van der Waals surface area contributed by atoms with Crippen molar-refractivity contribution in [1.82, 2.24) is 14.9 Å². The largest absolute Gasteiger partial charge is 0.497 e. The average Bonchev–Trinajstić information content (AvgIpc) is 2.95. The normalized spacial score (nSPS) is 13.5. The highest BCUT2D eigenvalue weighted by molar-refractivity contribution is 5.85. The number of piperidine rings is 1. The maximum Gasteiger partial charge on any atom is 0.413 e. The van der Waals surface area contributed by atoms with Crippen LogP contribution < -0.4 is 24.4 Å². The molecule has 10 heteroatoms. The molecule has 1 aromatic heterocycles. The minimum Gasteiger partial charge on any atom is -0.497 e. The molecule has 0 aliphatic carbocycles. The summed E-state index contributed by atoms with van der Waals surface area (Å²) in [5.41, 5.74) is 1.41. The predicted molar refractivity (Wildman–Crippen MR) is 146 cm³/mol. The maximum atomic E-state index is 12.1. The minimum atomic E-state index is -1.15. The van der Waals surface area contributed by atoms with Gasteiger partial charge in [0.1, 0.15) is 23.1 Å². The van der Waals surface area contributed by atoms with Gasteiger partial charge in [0.2, 0.25) is 5.95 Å². The van der Waals surface area contributed by atoms with Gasteiger partial charge in [0, 0.05) is 24.0 Å². The van der Waals surface area contributed by atoms with Crippen molar-refractivity contribution in [3.63, 3.8) is 0 Å². The van der Waals surface area contributed by atoms with E-state index in [1.54, 1.807) is 31.4 Å². The summed E-state index contributed by atoms with van der Waals surface area (Å²) >= 11 is 0. The SMILES string of the molecule is COc1ccc(OC)c(CN(C(=O)O)c2ccnc(Nc3ccc(OCCCN4CCCCC4)cc3)n2)c1. The van der Waals surface area contributed by atoms with Crippen LogP contribution in [0.4, 0.5) is 22.2 Å². The molecule has 0 radical (unpaired) electrons. The van der Waals surface area contributed by atoms with Crippen molar-refractivity contribution in [1.29, 1.82) is 0 Å². The number of ether oxygens (including phenoxy) is 3. The Morgan fingerprint density at radius 1 is 1.03 bits per heavy atom. The first kappa shape index (κ1) is 27.0. The Bertz CT molecular complexity index is 1180. The van der Waals surface area contributed by atoms with Crippen molar-refractivity contribution in [2.24, 2.45) is 0 Å². The summed E-state index contributed by atoms with van der Waals surface area (Å²) in [5.74, 6) is 2.46. The van der Waals surface area contributed by atoms with Gasteiger partial charge >= 0.3 is 6.09 Å². The molecule has 1 aliphatic rings. The highest BCUT2D eigenvalue weighted by Gasteiger charge is 2.20. The van der Waals surface area contributed by atoms with Crippen LogP contribution in [-0.2, 0) is 6.54 Å². The number of methoxy groups -OCH3 is 2. The van der Waals surface area contributed by atoms with E-state index in [0.717, 1.165) is 29.3 Å². The van der Waals surface area contributed by atoms with Gasteiger partial charge < -0.3 is 29.5 Å². The lowest BCUT2D eigenvalue weighted by atomic mass is 10.1. The van der Waals surface area contributed by atoms with Crippen LogP contribution in [0.15, 0.2) is 54.7 Å². The molecule has 0 saturated carbocycles. The number of hydrogen-bond donors (Lipinski definition) is 2. The van der Waals surface area contributed by atoms with Crippen LogP contribution in [0.2, 0.25) is 0 Å². The molecule has 1 fully saturated rings. The van der Waals surface area contributed by atoms with E-state index in [1.807, 2.05) is 24.3 Å². The average molecular weight is 522 g/mol. The Hall–Kier alpha value is -4.05. The highest BCUT2D eigenvalue weighted by atomic mass is 16.5. The second-order valence-electron chi connectivity index (χ2n) is 9.04. The van der Waals surface area contributed by atoms with Gasteiger partial charge in [-0.15, -0.1) is 0 Å². The van der Waals surface area contributed by atoms with Crippen molar-refractivity contribution in [2.75, 3.05) is 50.7 Å². The van der Waals surface area contributed by atoms with E-state index in [2.05, 4.69) is 20.2 Å². The van der Waals surface area contributed by atoms with Gasteiger partial charge in [-0.05, 0) is 80.9 Å². The lowest BCUT2D eigenvalue weighted by Crippen LogP contribution is -2.31. The van der Waals surface area contributed by atoms with Gasteiger partial charge in [-0.2, -0.15) is 4.98 Å². The molecule has 2 N–H and O–H groups in total. The number of anilines is 3. The predicted octanol–water partition coefficient (Wildman–Crippen LogP) is 5.18. The first-order valence-electron chi connectivity index (χ1n) is 12.8. The van der Waals surface area contributed by atoms with Gasteiger partial charge in [-0.3, -0.25) is 4.90 Å². The zero-order valence-electron chi connectivity index (χ0n) is 21.9. The Morgan fingerprint density at radius 3 is 2.50 bits per heavy atom. The summed E-state index contributed by atoms with van der Waals surface area (Å²) in [6.07, 6.45) is 5.31. The molecule has 0 atom stereocenters. The van der Waals surface area contributed by atoms with Gasteiger partial charge in [0.25, 0.3) is 0 Å². The lowest BCUT2D eigenvalue weighted by molar-refractivity contribution is 0.201. The summed E-state index contributed by atoms with van der Waals surface area (Å²) in [7, 11) is 3.09. The summed E-state index contributed by atoms with van der Waals surface area (Å²) < 4.78 is 16.6. The number of aromatic nitrogens is 2. The van der Waals surface area contributed by atoms with Crippen molar-refractivity contribution >= 4 is 23.5 Å². The van der Waals surface area contributed by atoms with Crippen LogP contribution in [0, 0.1) is 0 Å². The number of benzene rings is 2. The number of carbonyl (C=O) groups is 1. The van der Waals surface area contributed by atoms with Crippen LogP contribution >= 0.6 is 0 Å². The maximum absolute atomic E-state index is 12.1. The van der Waals surface area contributed by atoms with E-state index in [-0.39, 0.29) is 18.3 Å². The number of rotatable bonds is 12. The van der Waals surface area contributed by atoms with Crippen molar-refractivity contribution in [3.8, 4) is 17.2 Å². The number of nitrogens with one attached hydrogen (secondary N) is 1. The molecule has 38 heavy (non-hydrogen) atoms. The van der Waals surface area contributed by atoms with Crippen LogP contribution in [0.25, 0.3) is 0 Å². The second kappa shape index (κ2) is 13.5. The number of likely N-dealkylation sites (tertiary alicyclic amines) is 1. The van der Waals surface area contributed by atoms with Crippen LogP contribution in [0.5, 0.6) is 17.2 Å². The molecular weight excluding hydrogens is 486 g/mol. The standard InChI is InChI=1S/C28H35N5O5/c1-36-24-11-12-25(37-2)21(19-24)20-33(28(34)35)26-13-14-29-27(31-26)30-22-7-9-23(10-8-22)38-18-6-17-32-15-4-3-5-16-32/h7-14,19H,3-6,15-18,20H2,1-2H3,(H,34,35)(H,29,30,31). The van der Waals surface area contributed by atoms with Crippen LogP contribution in [0.3, 0.4) is 0 Å². The van der Waals surface area contributed by atoms with Gasteiger partial charge in [-0.25, -0.2) is 9.78 Å². The number of hydrogen-bond acceptors (Lipinski definition) is 8. The molecule has 2 aromatic carbocycles. The zero-order valence-corrected chi connectivity index (χ0v) is 21.9. The number of carboxylic acid groups (broad SMARTS) is 1. The Balaban J connectivity index is 1.36. The third kappa shape index (κ3) is 7.48. The molecule has 202 valence electrons. The molecule has 2 heterocycles. The summed E-state index contributed by atoms with van der Waals surface area (Å²) in [4.78, 5) is 24.4. The van der Waals surface area contributed by atoms with E-state index >= 15 is 0 Å². The molecule has 10 nitrogen and oxygen atoms in total. The van der Waals surface area contributed by atoms with Gasteiger partial charge in [-0.1, -0.05) is 6.42 Å². The highest BCUT2D eigenvalue weighted by Crippen LogP contribution is 2.27. The number of amides is 1. The smallest absolute Gasteiger partial charge is 0.413 e. The van der Waals surface area contributed by atoms with E-state index in [9.17, 15) is 9.90 Å². The molecule has 1 saturated heterocycles. The van der Waals surface area contributed by atoms with Gasteiger partial charge in [0.15, 0.2) is 0 Å². The zero-order chi connectivity index (χ0) is 26.7. The van der Waals surface area contributed by atoms with Gasteiger partial charge in [0.05, 0.1) is 27.4 Å². The summed E-state index contributed by atoms with van der Waals surface area (Å²) in [5, 5.41) is 13.0. The Labute approximate surface area is 223 Å². The van der Waals surface area contributed by atoms with E-state index < -0.39 is 6.09 Å². The third-order valence-corrected chi connectivity index (χ3v) is 6.41. The molecule has 0 spiro atoms. The fourth-order valence-electron chi connectivity index (χ4n) is 4.41.